The van der Waals surface area contributed by atoms with Crippen LogP contribution in [0, 0.1) is 18.8 Å². The van der Waals surface area contributed by atoms with Crippen molar-refractivity contribution in [2.45, 2.75) is 46.6 Å². The van der Waals surface area contributed by atoms with E-state index in [1.165, 1.54) is 0 Å². The van der Waals surface area contributed by atoms with Crippen molar-refractivity contribution in [3.05, 3.63) is 48.0 Å². The number of rotatable bonds is 7. The number of carbonyl (C=O) groups is 1. The van der Waals surface area contributed by atoms with Crippen LogP contribution in [0.15, 0.2) is 36.7 Å². The normalized spacial score (nSPS) is 18.3. The lowest BCUT2D eigenvalue weighted by molar-refractivity contribution is -0.137. The SMILES string of the molecule is CCc1nccn1C[C@H](C)C(=O)N1CCC[C@@H](COc2ccccc2C)C1. The molecule has 5 heteroatoms. The first-order valence-corrected chi connectivity index (χ1v) is 10.1. The second-order valence-corrected chi connectivity index (χ2v) is 7.62. The van der Waals surface area contributed by atoms with E-state index < -0.39 is 0 Å². The van der Waals surface area contributed by atoms with Crippen LogP contribution in [0.25, 0.3) is 0 Å². The van der Waals surface area contributed by atoms with Gasteiger partial charge in [0, 0.05) is 44.4 Å². The molecule has 1 fully saturated rings. The number of aromatic nitrogens is 2. The number of ether oxygens (including phenoxy) is 1. The molecule has 0 saturated carbocycles. The summed E-state index contributed by atoms with van der Waals surface area (Å²) in [6.45, 7) is 9.19. The van der Waals surface area contributed by atoms with E-state index in [1.807, 2.05) is 42.4 Å². The fourth-order valence-corrected chi connectivity index (χ4v) is 3.83. The predicted octanol–water partition coefficient (Wildman–Crippen LogP) is 3.71. The van der Waals surface area contributed by atoms with Crippen LogP contribution in [-0.4, -0.2) is 40.1 Å². The first-order chi connectivity index (χ1) is 13.1. The number of benzene rings is 1. The third-order valence-electron chi connectivity index (χ3n) is 5.41. The van der Waals surface area contributed by atoms with Gasteiger partial charge in [-0.2, -0.15) is 0 Å². The Bertz CT molecular complexity index is 756. The standard InChI is InChI=1S/C22H31N3O2/c1-4-21-23-11-13-24(21)14-18(3)22(26)25-12-7-9-19(15-25)16-27-20-10-6-5-8-17(20)2/h5-6,8,10-11,13,18-19H,4,7,9,12,14-16H2,1-3H3/t18-,19+/m0/s1. The minimum Gasteiger partial charge on any atom is -0.493 e. The van der Waals surface area contributed by atoms with Crippen LogP contribution >= 0.6 is 0 Å². The molecule has 0 unspecified atom stereocenters. The molecule has 3 rings (SSSR count). The van der Waals surface area contributed by atoms with Gasteiger partial charge in [0.15, 0.2) is 0 Å². The maximum absolute atomic E-state index is 12.9. The molecule has 0 spiro atoms. The van der Waals surface area contributed by atoms with Crippen LogP contribution in [0.5, 0.6) is 5.75 Å². The Labute approximate surface area is 162 Å². The van der Waals surface area contributed by atoms with Crippen molar-refractivity contribution in [2.24, 2.45) is 11.8 Å². The van der Waals surface area contributed by atoms with Crippen molar-refractivity contribution in [1.29, 1.82) is 0 Å². The molecule has 5 nitrogen and oxygen atoms in total. The minimum atomic E-state index is -0.0412. The molecule has 146 valence electrons. The lowest BCUT2D eigenvalue weighted by Crippen LogP contribution is -2.44. The molecule has 1 saturated heterocycles. The van der Waals surface area contributed by atoms with E-state index in [-0.39, 0.29) is 11.8 Å². The summed E-state index contributed by atoms with van der Waals surface area (Å²) >= 11 is 0. The van der Waals surface area contributed by atoms with Crippen LogP contribution in [0.1, 0.15) is 38.1 Å². The number of carbonyl (C=O) groups excluding carboxylic acids is 1. The van der Waals surface area contributed by atoms with Gasteiger partial charge in [-0.25, -0.2) is 4.98 Å². The summed E-state index contributed by atoms with van der Waals surface area (Å²) in [7, 11) is 0. The molecule has 1 aliphatic rings. The summed E-state index contributed by atoms with van der Waals surface area (Å²) in [5.41, 5.74) is 1.15. The van der Waals surface area contributed by atoms with Crippen LogP contribution in [0.2, 0.25) is 0 Å². The molecule has 2 atom stereocenters. The zero-order valence-corrected chi connectivity index (χ0v) is 16.7. The van der Waals surface area contributed by atoms with Gasteiger partial charge in [0.05, 0.1) is 12.5 Å². The molecule has 1 aromatic heterocycles. The van der Waals surface area contributed by atoms with E-state index in [9.17, 15) is 4.79 Å². The van der Waals surface area contributed by atoms with Crippen LogP contribution in [0.4, 0.5) is 0 Å². The summed E-state index contributed by atoms with van der Waals surface area (Å²) in [4.78, 5) is 19.3. The van der Waals surface area contributed by atoms with Gasteiger partial charge in [0.2, 0.25) is 5.91 Å². The number of nitrogens with zero attached hydrogens (tertiary/aromatic N) is 3. The van der Waals surface area contributed by atoms with E-state index in [4.69, 9.17) is 4.74 Å². The Morgan fingerprint density at radius 2 is 2.19 bits per heavy atom. The van der Waals surface area contributed by atoms with Crippen molar-refractivity contribution >= 4 is 5.91 Å². The van der Waals surface area contributed by atoms with E-state index >= 15 is 0 Å². The monoisotopic (exact) mass is 369 g/mol. The highest BCUT2D eigenvalue weighted by atomic mass is 16.5. The Morgan fingerprint density at radius 1 is 1.37 bits per heavy atom. The smallest absolute Gasteiger partial charge is 0.227 e. The molecular weight excluding hydrogens is 338 g/mol. The van der Waals surface area contributed by atoms with Gasteiger partial charge in [-0.3, -0.25) is 4.79 Å². The van der Waals surface area contributed by atoms with Crippen molar-refractivity contribution in [3.8, 4) is 5.75 Å². The van der Waals surface area contributed by atoms with E-state index in [0.29, 0.717) is 19.1 Å². The molecule has 2 heterocycles. The summed E-state index contributed by atoms with van der Waals surface area (Å²) in [5.74, 6) is 2.58. The van der Waals surface area contributed by atoms with E-state index in [0.717, 1.165) is 49.5 Å². The maximum Gasteiger partial charge on any atom is 0.227 e. The Hall–Kier alpha value is -2.30. The number of piperidine rings is 1. The van der Waals surface area contributed by atoms with Gasteiger partial charge >= 0.3 is 0 Å². The molecule has 0 radical (unpaired) electrons. The van der Waals surface area contributed by atoms with Gasteiger partial charge in [-0.1, -0.05) is 32.0 Å². The average molecular weight is 370 g/mol. The second-order valence-electron chi connectivity index (χ2n) is 7.62. The Balaban J connectivity index is 1.53. The number of imidazole rings is 1. The zero-order chi connectivity index (χ0) is 19.2. The van der Waals surface area contributed by atoms with Crippen molar-refractivity contribution in [2.75, 3.05) is 19.7 Å². The first kappa shape index (κ1) is 19.5. The molecule has 0 N–H and O–H groups in total. The molecular formula is C22H31N3O2. The summed E-state index contributed by atoms with van der Waals surface area (Å²) in [6.07, 6.45) is 6.83. The highest BCUT2D eigenvalue weighted by molar-refractivity contribution is 5.78. The Morgan fingerprint density at radius 3 is 2.96 bits per heavy atom. The molecule has 2 aromatic rings. The first-order valence-electron chi connectivity index (χ1n) is 10.1. The molecule has 0 aliphatic carbocycles. The predicted molar refractivity (Wildman–Crippen MR) is 107 cm³/mol. The van der Waals surface area contributed by atoms with Gasteiger partial charge in [-0.05, 0) is 31.4 Å². The molecule has 1 amide bonds. The lowest BCUT2D eigenvalue weighted by Gasteiger charge is -2.34. The summed E-state index contributed by atoms with van der Waals surface area (Å²) in [5, 5.41) is 0. The Kier molecular flexibility index (Phi) is 6.54. The highest BCUT2D eigenvalue weighted by Crippen LogP contribution is 2.22. The summed E-state index contributed by atoms with van der Waals surface area (Å²) in [6, 6.07) is 8.10. The molecule has 0 bridgehead atoms. The fourth-order valence-electron chi connectivity index (χ4n) is 3.83. The topological polar surface area (TPSA) is 47.4 Å². The minimum absolute atomic E-state index is 0.0412. The van der Waals surface area contributed by atoms with E-state index in [2.05, 4.69) is 29.5 Å². The number of hydrogen-bond acceptors (Lipinski definition) is 3. The largest absolute Gasteiger partial charge is 0.493 e. The molecule has 27 heavy (non-hydrogen) atoms. The highest BCUT2D eigenvalue weighted by Gasteiger charge is 2.27. The average Bonchev–Trinajstić information content (AvgIpc) is 3.14. The number of para-hydroxylation sites is 1. The fraction of sp³-hybridized carbons (Fsp3) is 0.545. The van der Waals surface area contributed by atoms with Crippen LogP contribution in [0.3, 0.4) is 0 Å². The van der Waals surface area contributed by atoms with E-state index in [1.54, 1.807) is 0 Å². The van der Waals surface area contributed by atoms with Gasteiger partial charge in [0.25, 0.3) is 0 Å². The molecule has 1 aliphatic heterocycles. The number of amides is 1. The quantitative estimate of drug-likeness (QED) is 0.747. The number of hydrogen-bond donors (Lipinski definition) is 0. The zero-order valence-electron chi connectivity index (χ0n) is 16.7. The van der Waals surface area contributed by atoms with Crippen LogP contribution < -0.4 is 4.74 Å². The lowest BCUT2D eigenvalue weighted by atomic mass is 9.97. The van der Waals surface area contributed by atoms with Crippen molar-refractivity contribution < 1.29 is 9.53 Å². The van der Waals surface area contributed by atoms with Gasteiger partial charge in [-0.15, -0.1) is 0 Å². The number of likely N-dealkylation sites (tertiary alicyclic amines) is 1. The van der Waals surface area contributed by atoms with Gasteiger partial charge < -0.3 is 14.2 Å². The summed E-state index contributed by atoms with van der Waals surface area (Å²) < 4.78 is 8.13. The van der Waals surface area contributed by atoms with Crippen molar-refractivity contribution in [1.82, 2.24) is 14.5 Å². The second kappa shape index (κ2) is 9.07. The molecule has 1 aromatic carbocycles. The third-order valence-corrected chi connectivity index (χ3v) is 5.41. The van der Waals surface area contributed by atoms with Gasteiger partial charge in [0.1, 0.15) is 11.6 Å². The number of aryl methyl sites for hydroxylation is 2. The van der Waals surface area contributed by atoms with Crippen LogP contribution in [-0.2, 0) is 17.8 Å². The van der Waals surface area contributed by atoms with Crippen molar-refractivity contribution in [3.63, 3.8) is 0 Å². The maximum atomic E-state index is 12.9. The third kappa shape index (κ3) is 4.90.